The van der Waals surface area contributed by atoms with Crippen LogP contribution < -0.4 is 0 Å². The second-order valence-corrected chi connectivity index (χ2v) is 8.10. The van der Waals surface area contributed by atoms with Gasteiger partial charge in [-0.3, -0.25) is 4.40 Å². The van der Waals surface area contributed by atoms with Crippen molar-refractivity contribution in [2.24, 2.45) is 0 Å². The van der Waals surface area contributed by atoms with Crippen LogP contribution in [0.4, 0.5) is 0 Å². The van der Waals surface area contributed by atoms with Gasteiger partial charge in [0, 0.05) is 16.5 Å². The maximum atomic E-state index is 5.00. The fraction of sp³-hybridized carbons (Fsp3) is 0.192. The van der Waals surface area contributed by atoms with E-state index in [4.69, 9.17) is 4.98 Å². The lowest BCUT2D eigenvalue weighted by Crippen LogP contribution is -2.10. The minimum absolute atomic E-state index is 1.05. The van der Waals surface area contributed by atoms with E-state index in [-0.39, 0.29) is 0 Å². The number of fused-ring (bicyclic) bond motifs is 3. The van der Waals surface area contributed by atoms with Gasteiger partial charge >= 0.3 is 0 Å². The summed E-state index contributed by atoms with van der Waals surface area (Å²) in [4.78, 5) is 5.00. The molecule has 0 spiro atoms. The molecule has 5 aromatic rings. The van der Waals surface area contributed by atoms with Crippen LogP contribution in [0.25, 0.3) is 38.4 Å². The van der Waals surface area contributed by atoms with Gasteiger partial charge in [-0.05, 0) is 66.8 Å². The number of hydrogen-bond acceptors (Lipinski definition) is 1. The molecule has 1 aliphatic rings. The van der Waals surface area contributed by atoms with Gasteiger partial charge in [0.2, 0.25) is 0 Å². The summed E-state index contributed by atoms with van der Waals surface area (Å²) in [6.07, 6.45) is 2.12. The Labute approximate surface area is 164 Å². The van der Waals surface area contributed by atoms with Gasteiger partial charge in [-0.2, -0.15) is 0 Å². The Morgan fingerprint density at radius 1 is 0.750 bits per heavy atom. The normalized spacial score (nSPS) is 13.2. The molecule has 28 heavy (non-hydrogen) atoms. The van der Waals surface area contributed by atoms with E-state index in [2.05, 4.69) is 79.8 Å². The molecule has 0 radical (unpaired) electrons. The van der Waals surface area contributed by atoms with E-state index in [1.54, 1.807) is 0 Å². The van der Waals surface area contributed by atoms with E-state index in [0.29, 0.717) is 0 Å². The molecule has 2 nitrogen and oxygen atoms in total. The highest BCUT2D eigenvalue weighted by molar-refractivity contribution is 6.14. The summed E-state index contributed by atoms with van der Waals surface area (Å²) < 4.78 is 2.45. The van der Waals surface area contributed by atoms with Crippen LogP contribution in [0, 0.1) is 20.8 Å². The zero-order chi connectivity index (χ0) is 19.0. The smallest absolute Gasteiger partial charge is 0.145 e. The number of benzene rings is 3. The third-order valence-corrected chi connectivity index (χ3v) is 6.50. The van der Waals surface area contributed by atoms with Crippen molar-refractivity contribution in [3.05, 3.63) is 82.7 Å². The van der Waals surface area contributed by atoms with Crippen LogP contribution in [0.2, 0.25) is 0 Å². The molecule has 136 valence electrons. The highest BCUT2D eigenvalue weighted by Crippen LogP contribution is 2.41. The maximum Gasteiger partial charge on any atom is 0.145 e. The lowest BCUT2D eigenvalue weighted by Gasteiger charge is -2.23. The van der Waals surface area contributed by atoms with Crippen LogP contribution in [0.5, 0.6) is 0 Å². The maximum absolute atomic E-state index is 5.00. The first-order valence-corrected chi connectivity index (χ1v) is 10.1. The summed E-state index contributed by atoms with van der Waals surface area (Å²) in [5, 5.41) is 3.89. The summed E-state index contributed by atoms with van der Waals surface area (Å²) >= 11 is 0. The molecule has 0 bridgehead atoms. The Morgan fingerprint density at radius 3 is 2.29 bits per heavy atom. The van der Waals surface area contributed by atoms with Crippen LogP contribution >= 0.6 is 0 Å². The minimum Gasteiger partial charge on any atom is -0.296 e. The summed E-state index contributed by atoms with van der Waals surface area (Å²) in [5.74, 6) is 0. The van der Waals surface area contributed by atoms with E-state index in [0.717, 1.165) is 18.5 Å². The monoisotopic (exact) mass is 362 g/mol. The number of rotatable bonds is 1. The fourth-order valence-electron chi connectivity index (χ4n) is 5.27. The van der Waals surface area contributed by atoms with Crippen molar-refractivity contribution in [1.82, 2.24) is 9.38 Å². The zero-order valence-electron chi connectivity index (χ0n) is 16.5. The highest BCUT2D eigenvalue weighted by Gasteiger charge is 2.24. The molecule has 3 heterocycles. The largest absolute Gasteiger partial charge is 0.296 e. The molecule has 2 aromatic heterocycles. The van der Waals surface area contributed by atoms with Gasteiger partial charge in [0.25, 0.3) is 0 Å². The predicted octanol–water partition coefficient (Wildman–Crippen LogP) is 6.33. The van der Waals surface area contributed by atoms with E-state index in [1.807, 2.05) is 0 Å². The molecular weight excluding hydrogens is 340 g/mol. The molecule has 3 aromatic carbocycles. The Balaban J connectivity index is 1.88. The molecule has 0 fully saturated rings. The summed E-state index contributed by atoms with van der Waals surface area (Å²) in [5.41, 5.74) is 11.9. The Hall–Kier alpha value is -3.13. The number of hydrogen-bond donors (Lipinski definition) is 0. The second kappa shape index (κ2) is 5.45. The van der Waals surface area contributed by atoms with Crippen molar-refractivity contribution in [3.8, 4) is 11.1 Å². The fourth-order valence-corrected chi connectivity index (χ4v) is 5.27. The van der Waals surface area contributed by atoms with Crippen LogP contribution in [-0.4, -0.2) is 9.38 Å². The van der Waals surface area contributed by atoms with Gasteiger partial charge < -0.3 is 0 Å². The molecule has 6 rings (SSSR count). The molecule has 0 atom stereocenters. The van der Waals surface area contributed by atoms with E-state index in [9.17, 15) is 0 Å². The SMILES string of the molecule is Cc1cccc(C)c1-c1ccc2c3ccccc3c3nc(C)c4n3c2c1CC4. The second-order valence-electron chi connectivity index (χ2n) is 8.10. The van der Waals surface area contributed by atoms with Crippen molar-refractivity contribution >= 4 is 27.3 Å². The molecule has 2 heteroatoms. The van der Waals surface area contributed by atoms with Crippen LogP contribution in [0.1, 0.15) is 28.1 Å². The average molecular weight is 362 g/mol. The number of pyridine rings is 1. The molecule has 0 saturated heterocycles. The van der Waals surface area contributed by atoms with Gasteiger partial charge in [0.05, 0.1) is 11.2 Å². The molecule has 1 aliphatic heterocycles. The lowest BCUT2D eigenvalue weighted by atomic mass is 9.86. The number of imidazole rings is 1. The Morgan fingerprint density at radius 2 is 1.50 bits per heavy atom. The van der Waals surface area contributed by atoms with Crippen LogP contribution in [0.15, 0.2) is 54.6 Å². The Bertz CT molecular complexity index is 1420. The highest BCUT2D eigenvalue weighted by atomic mass is 15.0. The molecule has 0 saturated carbocycles. The molecule has 0 unspecified atom stereocenters. The van der Waals surface area contributed by atoms with Crippen LogP contribution in [-0.2, 0) is 12.8 Å². The first kappa shape index (κ1) is 15.9. The Kier molecular flexibility index (Phi) is 3.09. The number of aromatic nitrogens is 2. The summed E-state index contributed by atoms with van der Waals surface area (Å²) in [6, 6.07) is 20.0. The molecule has 0 N–H and O–H groups in total. The molecule has 0 aliphatic carbocycles. The third kappa shape index (κ3) is 1.90. The van der Waals surface area contributed by atoms with Gasteiger partial charge in [-0.25, -0.2) is 4.98 Å². The first-order chi connectivity index (χ1) is 13.6. The van der Waals surface area contributed by atoms with Gasteiger partial charge in [0.1, 0.15) is 5.65 Å². The van der Waals surface area contributed by atoms with E-state index < -0.39 is 0 Å². The van der Waals surface area contributed by atoms with Crippen molar-refractivity contribution in [2.45, 2.75) is 33.6 Å². The summed E-state index contributed by atoms with van der Waals surface area (Å²) in [6.45, 7) is 6.61. The number of aryl methyl sites for hydroxylation is 5. The van der Waals surface area contributed by atoms with Gasteiger partial charge in [0.15, 0.2) is 0 Å². The third-order valence-electron chi connectivity index (χ3n) is 6.50. The predicted molar refractivity (Wildman–Crippen MR) is 117 cm³/mol. The summed E-state index contributed by atoms with van der Waals surface area (Å²) in [7, 11) is 0. The standard InChI is InChI=1S/C26H22N2/c1-15-7-6-8-16(2)24(15)19-11-12-20-18-9-4-5-10-22(18)26-27-17(3)23-14-13-21(19)25(20)28(23)26/h4-12H,13-14H2,1-3H3. The quantitative estimate of drug-likeness (QED) is 0.318. The van der Waals surface area contributed by atoms with E-state index in [1.165, 1.54) is 60.9 Å². The van der Waals surface area contributed by atoms with Gasteiger partial charge in [-0.15, -0.1) is 0 Å². The van der Waals surface area contributed by atoms with Gasteiger partial charge in [-0.1, -0.05) is 54.6 Å². The lowest BCUT2D eigenvalue weighted by molar-refractivity contribution is 0.867. The van der Waals surface area contributed by atoms with Crippen molar-refractivity contribution < 1.29 is 0 Å². The van der Waals surface area contributed by atoms with Crippen molar-refractivity contribution in [1.29, 1.82) is 0 Å². The van der Waals surface area contributed by atoms with Crippen molar-refractivity contribution in [3.63, 3.8) is 0 Å². The average Bonchev–Trinajstić information content (AvgIpc) is 3.05. The van der Waals surface area contributed by atoms with Crippen molar-refractivity contribution in [2.75, 3.05) is 0 Å². The molecule has 0 amide bonds. The van der Waals surface area contributed by atoms with Crippen LogP contribution in [0.3, 0.4) is 0 Å². The van der Waals surface area contributed by atoms with E-state index >= 15 is 0 Å². The number of nitrogens with zero attached hydrogens (tertiary/aromatic N) is 2. The minimum atomic E-state index is 1.05. The first-order valence-electron chi connectivity index (χ1n) is 10.1. The zero-order valence-corrected chi connectivity index (χ0v) is 16.5. The molecular formula is C26H22N2. The topological polar surface area (TPSA) is 17.3 Å².